The minimum absolute atomic E-state index is 0.0485. The number of aliphatic hydroxyl groups excluding tert-OH is 1. The summed E-state index contributed by atoms with van der Waals surface area (Å²) in [4.78, 5) is 0. The Hall–Kier alpha value is -4.48. The molecule has 0 bridgehead atoms. The molecule has 244 valence electrons. The Bertz CT molecular complexity index is 1910. The Morgan fingerprint density at radius 1 is 0.696 bits per heavy atom. The molecular formula is C36H43N3O7. The Labute approximate surface area is 276 Å². The third-order valence-electron chi connectivity index (χ3n) is 7.05. The molecule has 0 saturated carbocycles. The Morgan fingerprint density at radius 3 is 1.93 bits per heavy atom. The predicted octanol–water partition coefficient (Wildman–Crippen LogP) is 4.25. The molecule has 0 aliphatic carbocycles. The maximum absolute atomic E-state index is 11.4. The van der Waals surface area contributed by atoms with Gasteiger partial charge in [-0.05, 0) is 42.5 Å². The van der Waals surface area contributed by atoms with E-state index in [4.69, 9.17) is 30.5 Å². The molecule has 10 nitrogen and oxygen atoms in total. The summed E-state index contributed by atoms with van der Waals surface area (Å²) in [6, 6.07) is 26.0. The van der Waals surface area contributed by atoms with Gasteiger partial charge in [-0.3, -0.25) is 0 Å². The van der Waals surface area contributed by atoms with Gasteiger partial charge in [0.05, 0.1) is 36.4 Å². The van der Waals surface area contributed by atoms with Crippen LogP contribution in [0.5, 0.6) is 28.7 Å². The monoisotopic (exact) mass is 634 g/mol. The average Bonchev–Trinajstić information content (AvgIpc) is 3.48. The van der Waals surface area contributed by atoms with E-state index in [0.717, 1.165) is 4.57 Å². The molecule has 0 amide bonds. The van der Waals surface area contributed by atoms with E-state index in [0.29, 0.717) is 58.2 Å². The van der Waals surface area contributed by atoms with Crippen LogP contribution in [0.15, 0.2) is 91.0 Å². The number of benzene rings is 4. The smallest absolute Gasteiger partial charge is 0.161 e. The standard InChI is InChI=1S/C36H43N3O7/c1-42-31-13-5-7-15-33(31)44-20-18-37-22-26(40)24-39-29-11-4-3-10-28(29)36-30(39)12-9-17-35(36)46-25-27(41)23-38-19-21-45-34-16-8-6-14-32(34)43-2/h3-17,26-27,37-38,40-41H,18-25H2,1-2H3/i22D2,24D2,26D. The summed E-state index contributed by atoms with van der Waals surface area (Å²) in [6.45, 7) is -5.22. The van der Waals surface area contributed by atoms with Gasteiger partial charge in [-0.15, -0.1) is 0 Å². The van der Waals surface area contributed by atoms with Crippen LogP contribution in [0, 0.1) is 0 Å². The van der Waals surface area contributed by atoms with Crippen LogP contribution < -0.4 is 34.3 Å². The molecule has 1 aromatic heterocycles. The number of methoxy groups -OCH3 is 2. The molecule has 0 saturated heterocycles. The molecule has 1 heterocycles. The van der Waals surface area contributed by atoms with Crippen molar-refractivity contribution in [3.63, 3.8) is 0 Å². The van der Waals surface area contributed by atoms with E-state index < -0.39 is 25.2 Å². The highest BCUT2D eigenvalue weighted by molar-refractivity contribution is 6.11. The molecule has 5 aromatic rings. The summed E-state index contributed by atoms with van der Waals surface area (Å²) < 4.78 is 73.2. The Morgan fingerprint density at radius 2 is 1.26 bits per heavy atom. The zero-order valence-electron chi connectivity index (χ0n) is 30.9. The van der Waals surface area contributed by atoms with Crippen molar-refractivity contribution in [2.45, 2.75) is 18.7 Å². The summed E-state index contributed by atoms with van der Waals surface area (Å²) in [7, 11) is 3.07. The first kappa shape index (κ1) is 26.7. The Kier molecular flexibility index (Phi) is 9.71. The van der Waals surface area contributed by atoms with Crippen molar-refractivity contribution in [3.8, 4) is 28.7 Å². The maximum atomic E-state index is 11.4. The molecule has 10 heteroatoms. The van der Waals surface area contributed by atoms with Gasteiger partial charge in [-0.1, -0.05) is 48.5 Å². The topological polar surface area (TPSA) is 116 Å². The minimum Gasteiger partial charge on any atom is -0.493 e. The fourth-order valence-electron chi connectivity index (χ4n) is 4.94. The maximum Gasteiger partial charge on any atom is 0.161 e. The summed E-state index contributed by atoms with van der Waals surface area (Å²) in [5.74, 6) is 2.51. The number of nitrogens with one attached hydrogen (secondary N) is 2. The molecule has 2 atom stereocenters. The second-order valence-electron chi connectivity index (χ2n) is 10.2. The summed E-state index contributed by atoms with van der Waals surface area (Å²) >= 11 is 0. The van der Waals surface area contributed by atoms with Crippen molar-refractivity contribution in [2.75, 3.05) is 60.2 Å². The van der Waals surface area contributed by atoms with Crippen molar-refractivity contribution >= 4 is 21.8 Å². The second kappa shape index (κ2) is 16.7. The highest BCUT2D eigenvalue weighted by Gasteiger charge is 2.17. The first-order chi connectivity index (χ1) is 24.4. The summed E-state index contributed by atoms with van der Waals surface area (Å²) in [5.41, 5.74) is 0.576. The van der Waals surface area contributed by atoms with E-state index in [1.54, 1.807) is 73.8 Å². The van der Waals surface area contributed by atoms with Gasteiger partial charge in [-0.2, -0.15) is 0 Å². The van der Waals surface area contributed by atoms with Crippen LogP contribution in [0.4, 0.5) is 0 Å². The third-order valence-corrected chi connectivity index (χ3v) is 7.05. The van der Waals surface area contributed by atoms with E-state index in [2.05, 4.69) is 10.6 Å². The number of para-hydroxylation sites is 5. The quantitative estimate of drug-likeness (QED) is 0.0990. The van der Waals surface area contributed by atoms with Crippen molar-refractivity contribution in [1.82, 2.24) is 15.2 Å². The van der Waals surface area contributed by atoms with Crippen LogP contribution in [0.3, 0.4) is 0 Å². The van der Waals surface area contributed by atoms with Crippen LogP contribution in [0.25, 0.3) is 21.8 Å². The molecule has 5 rings (SSSR count). The number of nitrogens with zero attached hydrogens (tertiary/aromatic N) is 1. The van der Waals surface area contributed by atoms with E-state index in [1.807, 2.05) is 24.3 Å². The fraction of sp³-hybridized carbons (Fsp3) is 0.333. The first-order valence-electron chi connectivity index (χ1n) is 17.5. The van der Waals surface area contributed by atoms with Gasteiger partial charge >= 0.3 is 0 Å². The predicted molar refractivity (Wildman–Crippen MR) is 180 cm³/mol. The van der Waals surface area contributed by atoms with Gasteiger partial charge in [0.25, 0.3) is 0 Å². The molecule has 4 N–H and O–H groups in total. The first-order valence-corrected chi connectivity index (χ1v) is 15.0. The highest BCUT2D eigenvalue weighted by Crippen LogP contribution is 2.36. The van der Waals surface area contributed by atoms with E-state index in [9.17, 15) is 10.2 Å². The zero-order valence-corrected chi connectivity index (χ0v) is 25.9. The van der Waals surface area contributed by atoms with Crippen molar-refractivity contribution in [3.05, 3.63) is 91.0 Å². The van der Waals surface area contributed by atoms with E-state index in [-0.39, 0.29) is 31.8 Å². The molecule has 46 heavy (non-hydrogen) atoms. The lowest BCUT2D eigenvalue weighted by molar-refractivity contribution is 0.106. The number of ether oxygens (including phenoxy) is 5. The van der Waals surface area contributed by atoms with E-state index >= 15 is 0 Å². The van der Waals surface area contributed by atoms with Crippen molar-refractivity contribution in [2.24, 2.45) is 0 Å². The number of hydrogen-bond donors (Lipinski definition) is 4. The molecule has 4 aromatic carbocycles. The van der Waals surface area contributed by atoms with Crippen molar-refractivity contribution < 1.29 is 40.8 Å². The van der Waals surface area contributed by atoms with Crippen molar-refractivity contribution in [1.29, 1.82) is 0 Å². The number of aromatic nitrogens is 1. The van der Waals surface area contributed by atoms with E-state index in [1.165, 1.54) is 7.11 Å². The third kappa shape index (κ3) is 8.41. The Balaban J connectivity index is 1.27. The second-order valence-corrected chi connectivity index (χ2v) is 10.2. The lowest BCUT2D eigenvalue weighted by Crippen LogP contribution is -2.33. The minimum atomic E-state index is -3.34. The molecule has 0 radical (unpaired) electrons. The van der Waals surface area contributed by atoms with Gasteiger partial charge in [0, 0.05) is 45.2 Å². The molecular weight excluding hydrogens is 586 g/mol. The lowest BCUT2D eigenvalue weighted by Gasteiger charge is -2.16. The van der Waals surface area contributed by atoms with Gasteiger partial charge < -0.3 is 49.1 Å². The largest absolute Gasteiger partial charge is 0.493 e. The highest BCUT2D eigenvalue weighted by atomic mass is 16.5. The van der Waals surface area contributed by atoms with Crippen LogP contribution in [0.2, 0.25) is 0 Å². The van der Waals surface area contributed by atoms with Crippen LogP contribution in [-0.2, 0) is 6.50 Å². The van der Waals surface area contributed by atoms with Gasteiger partial charge in [-0.25, -0.2) is 0 Å². The summed E-state index contributed by atoms with van der Waals surface area (Å²) in [5, 5.41) is 28.7. The number of fused-ring (bicyclic) bond motifs is 3. The normalized spacial score (nSPS) is 15.5. The van der Waals surface area contributed by atoms with Gasteiger partial charge in [0.2, 0.25) is 0 Å². The average molecular weight is 635 g/mol. The summed E-state index contributed by atoms with van der Waals surface area (Å²) in [6.07, 6.45) is -4.23. The number of hydrogen-bond acceptors (Lipinski definition) is 9. The van der Waals surface area contributed by atoms with Gasteiger partial charge in [0.1, 0.15) is 31.7 Å². The molecule has 0 fully saturated rings. The molecule has 2 unspecified atom stereocenters. The number of rotatable bonds is 19. The molecule has 0 aliphatic heterocycles. The zero-order chi connectivity index (χ0) is 36.6. The van der Waals surface area contributed by atoms with Crippen LogP contribution in [0.1, 0.15) is 6.85 Å². The van der Waals surface area contributed by atoms with Crippen LogP contribution in [-0.4, -0.2) is 87.1 Å². The lowest BCUT2D eigenvalue weighted by atomic mass is 10.1. The molecule has 0 aliphatic rings. The SMILES string of the molecule is [2H]C([2H])(NCCOc1ccccc1OC)C([2H])(O)C([2H])([2H])n1c2ccccc2c2c(OCC(O)CNCCOc3ccccc3OC)cccc21. The fourth-order valence-corrected chi connectivity index (χ4v) is 4.94. The van der Waals surface area contributed by atoms with Crippen LogP contribution >= 0.6 is 0 Å². The number of aliphatic hydroxyl groups is 2. The van der Waals surface area contributed by atoms with Gasteiger partial charge in [0.15, 0.2) is 23.0 Å². The molecule has 0 spiro atoms.